The summed E-state index contributed by atoms with van der Waals surface area (Å²) < 4.78 is 0. The van der Waals surface area contributed by atoms with Crippen LogP contribution in [-0.2, 0) is 9.59 Å². The lowest BCUT2D eigenvalue weighted by atomic mass is 10.00. The van der Waals surface area contributed by atoms with Gasteiger partial charge in [0, 0.05) is 19.0 Å². The molecular formula is C18H23NO3. The molecule has 1 saturated carbocycles. The summed E-state index contributed by atoms with van der Waals surface area (Å²) >= 11 is 0. The summed E-state index contributed by atoms with van der Waals surface area (Å²) in [6.45, 7) is 5.31. The van der Waals surface area contributed by atoms with E-state index in [2.05, 4.69) is 38.1 Å². The van der Waals surface area contributed by atoms with Gasteiger partial charge in [-0.05, 0) is 35.8 Å². The molecule has 0 aromatic heterocycles. The van der Waals surface area contributed by atoms with Crippen LogP contribution in [0.25, 0.3) is 0 Å². The van der Waals surface area contributed by atoms with E-state index in [0.717, 1.165) is 6.42 Å². The molecular weight excluding hydrogens is 278 g/mol. The lowest BCUT2D eigenvalue weighted by Gasteiger charge is -2.16. The van der Waals surface area contributed by atoms with Crippen molar-refractivity contribution in [3.05, 3.63) is 35.4 Å². The third kappa shape index (κ3) is 2.87. The topological polar surface area (TPSA) is 57.6 Å². The zero-order chi connectivity index (χ0) is 15.9. The van der Waals surface area contributed by atoms with E-state index in [-0.39, 0.29) is 17.7 Å². The number of carbonyl (C=O) groups excluding carboxylic acids is 1. The third-order valence-corrected chi connectivity index (χ3v) is 4.99. The van der Waals surface area contributed by atoms with Crippen molar-refractivity contribution < 1.29 is 14.7 Å². The molecule has 1 amide bonds. The molecule has 0 radical (unpaired) electrons. The highest BCUT2D eigenvalue weighted by atomic mass is 16.4. The molecule has 1 aromatic carbocycles. The maximum atomic E-state index is 12.5. The van der Waals surface area contributed by atoms with Gasteiger partial charge in [-0.15, -0.1) is 0 Å². The van der Waals surface area contributed by atoms with Crippen LogP contribution in [0.15, 0.2) is 24.3 Å². The number of aliphatic carboxylic acids is 1. The predicted octanol–water partition coefficient (Wildman–Crippen LogP) is 2.85. The minimum absolute atomic E-state index is 0.0532. The summed E-state index contributed by atoms with van der Waals surface area (Å²) in [5, 5.41) is 9.03. The van der Waals surface area contributed by atoms with E-state index in [9.17, 15) is 9.59 Å². The Hall–Kier alpha value is -1.84. The number of carbonyl (C=O) groups is 2. The maximum absolute atomic E-state index is 12.5. The van der Waals surface area contributed by atoms with E-state index in [0.29, 0.717) is 31.3 Å². The molecule has 1 heterocycles. The van der Waals surface area contributed by atoms with Crippen molar-refractivity contribution in [3.63, 3.8) is 0 Å². The summed E-state index contributed by atoms with van der Waals surface area (Å²) in [6, 6.07) is 8.57. The molecule has 4 nitrogen and oxygen atoms in total. The first kappa shape index (κ1) is 15.1. The first-order valence-electron chi connectivity index (χ1n) is 8.09. The number of nitrogens with zero attached hydrogens (tertiary/aromatic N) is 1. The fourth-order valence-corrected chi connectivity index (χ4v) is 3.36. The van der Waals surface area contributed by atoms with Gasteiger partial charge in [-0.2, -0.15) is 0 Å². The average Bonchev–Trinajstić information content (AvgIpc) is 3.14. The second kappa shape index (κ2) is 5.75. The number of rotatable bonds is 4. The number of amides is 1. The molecule has 1 aliphatic heterocycles. The van der Waals surface area contributed by atoms with Gasteiger partial charge in [0.05, 0.1) is 5.92 Å². The van der Waals surface area contributed by atoms with Gasteiger partial charge in [0.2, 0.25) is 5.91 Å². The van der Waals surface area contributed by atoms with Crippen molar-refractivity contribution in [2.24, 2.45) is 11.8 Å². The normalized spacial score (nSPS) is 27.2. The maximum Gasteiger partial charge on any atom is 0.308 e. The van der Waals surface area contributed by atoms with Crippen LogP contribution in [0.1, 0.15) is 49.7 Å². The summed E-state index contributed by atoms with van der Waals surface area (Å²) in [4.78, 5) is 25.2. The van der Waals surface area contributed by atoms with Gasteiger partial charge in [-0.3, -0.25) is 9.59 Å². The highest BCUT2D eigenvalue weighted by molar-refractivity contribution is 5.84. The van der Waals surface area contributed by atoms with Gasteiger partial charge in [0.15, 0.2) is 0 Å². The number of hydrogen-bond donors (Lipinski definition) is 1. The smallest absolute Gasteiger partial charge is 0.308 e. The van der Waals surface area contributed by atoms with E-state index >= 15 is 0 Å². The SMILES string of the molecule is CC(C)c1ccc([C@@H]2C[C@H]2C(=O)N2CC[C@H](C(=O)O)C2)cc1. The standard InChI is InChI=1S/C18H23NO3/c1-11(2)12-3-5-13(6-4-12)15-9-16(15)17(20)19-8-7-14(10-19)18(21)22/h3-6,11,14-16H,7-10H2,1-2H3,(H,21,22)/t14-,15-,16+/m0/s1. The van der Waals surface area contributed by atoms with Crippen LogP contribution in [0.2, 0.25) is 0 Å². The molecule has 3 atom stereocenters. The van der Waals surface area contributed by atoms with E-state index < -0.39 is 5.97 Å². The van der Waals surface area contributed by atoms with Crippen molar-refractivity contribution in [3.8, 4) is 0 Å². The molecule has 0 spiro atoms. The summed E-state index contributed by atoms with van der Waals surface area (Å²) in [7, 11) is 0. The van der Waals surface area contributed by atoms with Crippen LogP contribution < -0.4 is 0 Å². The van der Waals surface area contributed by atoms with Crippen LogP contribution in [0.4, 0.5) is 0 Å². The molecule has 1 N–H and O–H groups in total. The third-order valence-electron chi connectivity index (χ3n) is 4.99. The van der Waals surface area contributed by atoms with Gasteiger partial charge in [0.25, 0.3) is 0 Å². The highest BCUT2D eigenvalue weighted by Gasteiger charge is 2.47. The van der Waals surface area contributed by atoms with Crippen molar-refractivity contribution >= 4 is 11.9 Å². The van der Waals surface area contributed by atoms with E-state index in [1.54, 1.807) is 4.90 Å². The van der Waals surface area contributed by atoms with Crippen molar-refractivity contribution in [2.75, 3.05) is 13.1 Å². The van der Waals surface area contributed by atoms with Crippen LogP contribution in [0.5, 0.6) is 0 Å². The second-order valence-corrected chi connectivity index (χ2v) is 6.88. The van der Waals surface area contributed by atoms with E-state index in [1.807, 2.05) is 0 Å². The van der Waals surface area contributed by atoms with Gasteiger partial charge >= 0.3 is 5.97 Å². The Morgan fingerprint density at radius 2 is 1.91 bits per heavy atom. The minimum Gasteiger partial charge on any atom is -0.481 e. The summed E-state index contributed by atoms with van der Waals surface area (Å²) in [6.07, 6.45) is 1.48. The molecule has 118 valence electrons. The Morgan fingerprint density at radius 3 is 2.45 bits per heavy atom. The Labute approximate surface area is 131 Å². The number of carboxylic acid groups (broad SMARTS) is 1. The van der Waals surface area contributed by atoms with Crippen molar-refractivity contribution in [2.45, 2.75) is 38.5 Å². The largest absolute Gasteiger partial charge is 0.481 e. The first-order valence-corrected chi connectivity index (χ1v) is 8.09. The fourth-order valence-electron chi connectivity index (χ4n) is 3.36. The molecule has 1 saturated heterocycles. The van der Waals surface area contributed by atoms with Gasteiger partial charge in [-0.1, -0.05) is 38.1 Å². The number of carboxylic acids is 1. The van der Waals surface area contributed by atoms with Crippen LogP contribution in [0.3, 0.4) is 0 Å². The van der Waals surface area contributed by atoms with Crippen molar-refractivity contribution in [1.82, 2.24) is 4.90 Å². The first-order chi connectivity index (χ1) is 10.5. The number of hydrogen-bond acceptors (Lipinski definition) is 2. The summed E-state index contributed by atoms with van der Waals surface area (Å²) in [5.74, 6) is -0.140. The second-order valence-electron chi connectivity index (χ2n) is 6.88. The van der Waals surface area contributed by atoms with Crippen molar-refractivity contribution in [1.29, 1.82) is 0 Å². The Bertz CT molecular complexity index is 578. The van der Waals surface area contributed by atoms with Crippen LogP contribution >= 0.6 is 0 Å². The lowest BCUT2D eigenvalue weighted by Crippen LogP contribution is -2.31. The molecule has 1 aliphatic carbocycles. The summed E-state index contributed by atoms with van der Waals surface area (Å²) in [5.41, 5.74) is 2.55. The zero-order valence-corrected chi connectivity index (χ0v) is 13.2. The molecule has 1 aromatic rings. The Morgan fingerprint density at radius 1 is 1.23 bits per heavy atom. The number of benzene rings is 1. The molecule has 0 unspecified atom stereocenters. The number of likely N-dealkylation sites (tertiary alicyclic amines) is 1. The lowest BCUT2D eigenvalue weighted by molar-refractivity contribution is -0.141. The van der Waals surface area contributed by atoms with E-state index in [1.165, 1.54) is 11.1 Å². The quantitative estimate of drug-likeness (QED) is 0.930. The highest BCUT2D eigenvalue weighted by Crippen LogP contribution is 2.49. The zero-order valence-electron chi connectivity index (χ0n) is 13.2. The van der Waals surface area contributed by atoms with Gasteiger partial charge < -0.3 is 10.0 Å². The Kier molecular flexibility index (Phi) is 3.94. The fraction of sp³-hybridized carbons (Fsp3) is 0.556. The van der Waals surface area contributed by atoms with Crippen LogP contribution in [-0.4, -0.2) is 35.0 Å². The predicted molar refractivity (Wildman–Crippen MR) is 83.7 cm³/mol. The molecule has 2 fully saturated rings. The van der Waals surface area contributed by atoms with E-state index in [4.69, 9.17) is 5.11 Å². The molecule has 3 rings (SSSR count). The molecule has 2 aliphatic rings. The van der Waals surface area contributed by atoms with Gasteiger partial charge in [-0.25, -0.2) is 0 Å². The van der Waals surface area contributed by atoms with Crippen LogP contribution in [0, 0.1) is 11.8 Å². The molecule has 4 heteroatoms. The average molecular weight is 301 g/mol. The Balaban J connectivity index is 1.60. The minimum atomic E-state index is -0.785. The monoisotopic (exact) mass is 301 g/mol. The molecule has 0 bridgehead atoms. The molecule has 22 heavy (non-hydrogen) atoms. The van der Waals surface area contributed by atoms with Gasteiger partial charge in [0.1, 0.15) is 0 Å².